The number of aliphatic hydroxyl groups is 2. The Morgan fingerprint density at radius 1 is 1.02 bits per heavy atom. The smallest absolute Gasteiger partial charge is 0.251 e. The van der Waals surface area contributed by atoms with E-state index in [9.17, 15) is 24.6 Å². The number of imide groups is 1. The van der Waals surface area contributed by atoms with E-state index in [1.54, 1.807) is 0 Å². The predicted octanol–water partition coefficient (Wildman–Crippen LogP) is -0.795. The zero-order valence-corrected chi connectivity index (χ0v) is 24.4. The maximum absolute atomic E-state index is 13.7. The van der Waals surface area contributed by atoms with Crippen LogP contribution in [0.1, 0.15) is 75.9 Å². The molecule has 4 aliphatic heterocycles. The molecule has 5 rings (SSSR count). The average Bonchev–Trinajstić information content (AvgIpc) is 3.45. The van der Waals surface area contributed by atoms with Gasteiger partial charge in [0.25, 0.3) is 5.91 Å². The summed E-state index contributed by atoms with van der Waals surface area (Å²) in [6, 6.07) is 2.57. The van der Waals surface area contributed by atoms with E-state index in [0.717, 1.165) is 16.0 Å². The third kappa shape index (κ3) is 4.51. The lowest BCUT2D eigenvalue weighted by Crippen LogP contribution is -2.78. The van der Waals surface area contributed by atoms with Gasteiger partial charge < -0.3 is 37.2 Å². The maximum Gasteiger partial charge on any atom is 0.251 e. The largest absolute Gasteiger partial charge is 0.370 e. The molecule has 13 nitrogen and oxygen atoms in total. The molecule has 0 aliphatic carbocycles. The minimum atomic E-state index is -2.63. The maximum atomic E-state index is 13.7. The Hall–Kier alpha value is -3.71. The van der Waals surface area contributed by atoms with Crippen molar-refractivity contribution in [2.24, 2.45) is 21.5 Å². The predicted molar refractivity (Wildman–Crippen MR) is 152 cm³/mol. The second-order valence-electron chi connectivity index (χ2n) is 13.5. The molecule has 41 heavy (non-hydrogen) atoms. The van der Waals surface area contributed by atoms with Crippen molar-refractivity contribution in [1.29, 1.82) is 0 Å². The van der Waals surface area contributed by atoms with Crippen LogP contribution < -0.4 is 22.1 Å². The molecule has 0 bridgehead atoms. The van der Waals surface area contributed by atoms with Crippen LogP contribution in [0.2, 0.25) is 0 Å². The lowest BCUT2D eigenvalue weighted by molar-refractivity contribution is -0.230. The normalized spacial score (nSPS) is 29.1. The zero-order valence-electron chi connectivity index (χ0n) is 24.4. The number of aliphatic imine (C=N–C) groups is 2. The SMILES string of the molecule is CC(C)(C)c1cc(C(=O)NC2CN3C(N)=N[C@@H](CN4C(=O)CCC4=O)C4N=C(N)N[C@@]43C2(O)O)cc(C(C)(C)C)c1. The van der Waals surface area contributed by atoms with Crippen LogP contribution in [0.3, 0.4) is 0 Å². The van der Waals surface area contributed by atoms with Crippen molar-refractivity contribution in [3.05, 3.63) is 34.9 Å². The lowest BCUT2D eigenvalue weighted by Gasteiger charge is -2.49. The highest BCUT2D eigenvalue weighted by atomic mass is 16.5. The van der Waals surface area contributed by atoms with Crippen LogP contribution in [0.15, 0.2) is 28.2 Å². The number of rotatable bonds is 4. The number of likely N-dealkylation sites (tertiary alicyclic amines) is 1. The summed E-state index contributed by atoms with van der Waals surface area (Å²) >= 11 is 0. The molecule has 1 aromatic carbocycles. The molecule has 1 spiro atoms. The van der Waals surface area contributed by atoms with Crippen molar-refractivity contribution < 1.29 is 24.6 Å². The number of guanidine groups is 2. The molecule has 1 aromatic rings. The lowest BCUT2D eigenvalue weighted by atomic mass is 9.79. The minimum absolute atomic E-state index is 0.0586. The van der Waals surface area contributed by atoms with E-state index in [1.807, 2.05) is 12.1 Å². The molecular weight excluding hydrogens is 528 g/mol. The van der Waals surface area contributed by atoms with Crippen molar-refractivity contribution in [2.45, 2.75) is 94.8 Å². The van der Waals surface area contributed by atoms with Gasteiger partial charge in [0.05, 0.1) is 12.6 Å². The van der Waals surface area contributed by atoms with Crippen LogP contribution in [0, 0.1) is 0 Å². The summed E-state index contributed by atoms with van der Waals surface area (Å²) in [7, 11) is 0. The van der Waals surface area contributed by atoms with E-state index in [2.05, 4.69) is 68.2 Å². The van der Waals surface area contributed by atoms with Crippen LogP contribution in [0.4, 0.5) is 0 Å². The third-order valence-electron chi connectivity index (χ3n) is 8.56. The molecule has 0 radical (unpaired) electrons. The Balaban J connectivity index is 1.47. The first kappa shape index (κ1) is 28.8. The quantitative estimate of drug-likeness (QED) is 0.199. The fourth-order valence-corrected chi connectivity index (χ4v) is 6.12. The summed E-state index contributed by atoms with van der Waals surface area (Å²) in [6.07, 6.45) is 0.198. The van der Waals surface area contributed by atoms with Crippen molar-refractivity contribution in [3.8, 4) is 0 Å². The summed E-state index contributed by atoms with van der Waals surface area (Å²) < 4.78 is 0. The van der Waals surface area contributed by atoms with Crippen molar-refractivity contribution in [3.63, 3.8) is 0 Å². The topological polar surface area (TPSA) is 199 Å². The molecule has 4 aliphatic rings. The van der Waals surface area contributed by atoms with Crippen molar-refractivity contribution in [2.75, 3.05) is 13.1 Å². The van der Waals surface area contributed by atoms with Crippen molar-refractivity contribution in [1.82, 2.24) is 20.4 Å². The van der Waals surface area contributed by atoms with Gasteiger partial charge in [-0.25, -0.2) is 9.98 Å². The molecule has 4 atom stereocenters. The molecule has 8 N–H and O–H groups in total. The fraction of sp³-hybridized carbons (Fsp3) is 0.607. The molecule has 0 aromatic heterocycles. The van der Waals surface area contributed by atoms with Gasteiger partial charge in [-0.15, -0.1) is 0 Å². The van der Waals surface area contributed by atoms with Crippen LogP contribution >= 0.6 is 0 Å². The molecular formula is C28H40N8O5. The molecule has 3 amide bonds. The van der Waals surface area contributed by atoms with Gasteiger partial charge in [0.2, 0.25) is 17.6 Å². The van der Waals surface area contributed by atoms with Gasteiger partial charge >= 0.3 is 0 Å². The van der Waals surface area contributed by atoms with Crippen LogP contribution in [-0.4, -0.2) is 92.3 Å². The first-order chi connectivity index (χ1) is 18.9. The van der Waals surface area contributed by atoms with E-state index in [4.69, 9.17) is 11.5 Å². The number of nitrogens with zero attached hydrogens (tertiary/aromatic N) is 4. The molecule has 2 saturated heterocycles. The minimum Gasteiger partial charge on any atom is -0.370 e. The highest BCUT2D eigenvalue weighted by Gasteiger charge is 2.73. The van der Waals surface area contributed by atoms with Gasteiger partial charge in [-0.05, 0) is 34.1 Å². The third-order valence-corrected chi connectivity index (χ3v) is 8.56. The van der Waals surface area contributed by atoms with Gasteiger partial charge in [-0.2, -0.15) is 0 Å². The standard InChI is InChI=1S/C28H40N8O5/c1-25(2,3)15-9-14(10-16(11-15)26(4,5)6)22(39)32-18-13-36-24(30)31-17(12-35-19(37)7-8-20(35)38)21-27(36,28(18,40)41)34-23(29)33-21/h9-11,17-18,21,40-41H,7-8,12-13H2,1-6H3,(H2,30,31)(H,32,39)(H3,29,33,34)/t17-,18?,21?,27-/m0/s1. The highest BCUT2D eigenvalue weighted by molar-refractivity contribution is 6.02. The number of amides is 3. The zero-order chi connectivity index (χ0) is 30.3. The van der Waals surface area contributed by atoms with Crippen LogP contribution in [0.5, 0.6) is 0 Å². The number of nitrogens with one attached hydrogen (secondary N) is 2. The Kier molecular flexibility index (Phi) is 6.43. The first-order valence-corrected chi connectivity index (χ1v) is 13.8. The highest BCUT2D eigenvalue weighted by Crippen LogP contribution is 2.45. The second kappa shape index (κ2) is 9.15. The van der Waals surface area contributed by atoms with E-state index < -0.39 is 35.5 Å². The van der Waals surface area contributed by atoms with E-state index in [-0.39, 0.29) is 60.5 Å². The summed E-state index contributed by atoms with van der Waals surface area (Å²) in [4.78, 5) is 49.7. The molecule has 2 fully saturated rings. The van der Waals surface area contributed by atoms with Gasteiger partial charge in [-0.3, -0.25) is 19.3 Å². The Bertz CT molecular complexity index is 1330. The fourth-order valence-electron chi connectivity index (χ4n) is 6.12. The number of hydrogen-bond acceptors (Lipinski definition) is 11. The Morgan fingerprint density at radius 3 is 2.12 bits per heavy atom. The van der Waals surface area contributed by atoms with E-state index in [1.165, 1.54) is 4.90 Å². The average molecular weight is 569 g/mol. The second-order valence-corrected chi connectivity index (χ2v) is 13.5. The monoisotopic (exact) mass is 568 g/mol. The number of carbonyl (C=O) groups excluding carboxylic acids is 3. The van der Waals surface area contributed by atoms with E-state index >= 15 is 0 Å². The number of carbonyl (C=O) groups is 3. The van der Waals surface area contributed by atoms with Gasteiger partial charge in [0.1, 0.15) is 12.1 Å². The van der Waals surface area contributed by atoms with Gasteiger partial charge in [0.15, 0.2) is 17.6 Å². The molecule has 2 unspecified atom stereocenters. The molecule has 222 valence electrons. The summed E-state index contributed by atoms with van der Waals surface area (Å²) in [5, 5.41) is 29.2. The van der Waals surface area contributed by atoms with Crippen LogP contribution in [0.25, 0.3) is 0 Å². The van der Waals surface area contributed by atoms with Gasteiger partial charge in [0, 0.05) is 24.9 Å². The Labute approximate surface area is 239 Å². The molecule has 4 heterocycles. The number of nitrogens with two attached hydrogens (primary N) is 2. The summed E-state index contributed by atoms with van der Waals surface area (Å²) in [5.41, 5.74) is 12.5. The molecule has 0 saturated carbocycles. The number of benzene rings is 1. The summed E-state index contributed by atoms with van der Waals surface area (Å²) in [5.74, 6) is -3.95. The molecule has 13 heteroatoms. The number of hydrogen-bond donors (Lipinski definition) is 6. The van der Waals surface area contributed by atoms with Gasteiger partial charge in [-0.1, -0.05) is 47.6 Å². The van der Waals surface area contributed by atoms with Crippen molar-refractivity contribution >= 4 is 29.6 Å². The Morgan fingerprint density at radius 2 is 1.59 bits per heavy atom. The van der Waals surface area contributed by atoms with E-state index in [0.29, 0.717) is 5.56 Å². The summed E-state index contributed by atoms with van der Waals surface area (Å²) in [6.45, 7) is 12.1. The van der Waals surface area contributed by atoms with Crippen LogP contribution in [-0.2, 0) is 20.4 Å². The first-order valence-electron chi connectivity index (χ1n) is 13.8.